The molecular weight excluding hydrogens is 417 g/mol. The molecule has 1 aromatic rings. The molecule has 2 heterocycles. The molecule has 2 N–H and O–H groups in total. The summed E-state index contributed by atoms with van der Waals surface area (Å²) in [4.78, 5) is 22.7. The van der Waals surface area contributed by atoms with Crippen LogP contribution in [0.2, 0.25) is 0 Å². The number of amides is 1. The number of guanidine groups is 1. The van der Waals surface area contributed by atoms with Gasteiger partial charge in [-0.3, -0.25) is 14.8 Å². The van der Waals surface area contributed by atoms with Crippen LogP contribution in [0.3, 0.4) is 0 Å². The normalized spacial score (nSPS) is 23.2. The molecule has 0 radical (unpaired) electrons. The number of hydrogen-bond acceptors (Lipinski definition) is 3. The van der Waals surface area contributed by atoms with Crippen molar-refractivity contribution in [1.82, 2.24) is 15.2 Å². The van der Waals surface area contributed by atoms with E-state index in [1.165, 1.54) is 25.7 Å². The highest BCUT2D eigenvalue weighted by atomic mass is 127. The smallest absolute Gasteiger partial charge is 0.243 e. The van der Waals surface area contributed by atoms with Gasteiger partial charge in [0.15, 0.2) is 5.96 Å². The van der Waals surface area contributed by atoms with Crippen molar-refractivity contribution in [1.29, 1.82) is 0 Å². The average molecular weight is 443 g/mol. The van der Waals surface area contributed by atoms with E-state index in [0.29, 0.717) is 5.69 Å². The number of hydrogen-bond donors (Lipinski definition) is 2. The van der Waals surface area contributed by atoms with Gasteiger partial charge in [0.2, 0.25) is 5.91 Å². The Hall–Kier alpha value is -1.38. The predicted octanol–water partition coefficient (Wildman–Crippen LogP) is 2.34. The molecule has 1 saturated heterocycles. The lowest BCUT2D eigenvalue weighted by atomic mass is 9.82. The number of pyridine rings is 1. The fourth-order valence-corrected chi connectivity index (χ4v) is 3.71. The summed E-state index contributed by atoms with van der Waals surface area (Å²) in [6.07, 6.45) is 8.70. The molecule has 7 heteroatoms. The van der Waals surface area contributed by atoms with E-state index >= 15 is 0 Å². The quantitative estimate of drug-likeness (QED) is 0.428. The molecule has 24 heavy (non-hydrogen) atoms. The van der Waals surface area contributed by atoms with Gasteiger partial charge in [0, 0.05) is 26.3 Å². The van der Waals surface area contributed by atoms with Gasteiger partial charge in [-0.1, -0.05) is 12.8 Å². The molecule has 132 valence electrons. The van der Waals surface area contributed by atoms with Crippen molar-refractivity contribution in [3.05, 3.63) is 24.5 Å². The standard InChI is InChI=1S/C17H25N5O.HI/c1-18-17(22-11-13-5-2-3-6-14(13)12-22)20-10-16(23)21-15-7-4-8-19-9-15;/h4,7-9,13-14H,2-3,5-6,10-12H2,1H3,(H,18,20)(H,21,23);1H. The molecule has 2 aliphatic rings. The van der Waals surface area contributed by atoms with E-state index in [4.69, 9.17) is 0 Å². The Kier molecular flexibility index (Phi) is 7.26. The molecular formula is C17H26IN5O. The summed E-state index contributed by atoms with van der Waals surface area (Å²) < 4.78 is 0. The summed E-state index contributed by atoms with van der Waals surface area (Å²) in [5.74, 6) is 2.34. The molecule has 3 rings (SSSR count). The zero-order valence-electron chi connectivity index (χ0n) is 14.1. The highest BCUT2D eigenvalue weighted by molar-refractivity contribution is 14.0. The Morgan fingerprint density at radius 1 is 1.33 bits per heavy atom. The first-order valence-electron chi connectivity index (χ1n) is 8.41. The first-order chi connectivity index (χ1) is 11.3. The van der Waals surface area contributed by atoms with Gasteiger partial charge in [-0.05, 0) is 36.8 Å². The number of rotatable bonds is 3. The van der Waals surface area contributed by atoms with Crippen LogP contribution in [0.1, 0.15) is 25.7 Å². The first-order valence-corrected chi connectivity index (χ1v) is 8.41. The second kappa shape index (κ2) is 9.19. The second-order valence-electron chi connectivity index (χ2n) is 6.40. The number of fused-ring (bicyclic) bond motifs is 1. The lowest BCUT2D eigenvalue weighted by molar-refractivity contribution is -0.115. The van der Waals surface area contributed by atoms with Gasteiger partial charge in [0.05, 0.1) is 18.4 Å². The van der Waals surface area contributed by atoms with E-state index in [2.05, 4.69) is 25.5 Å². The van der Waals surface area contributed by atoms with E-state index in [9.17, 15) is 4.79 Å². The summed E-state index contributed by atoms with van der Waals surface area (Å²) in [6.45, 7) is 2.34. The number of carbonyl (C=O) groups is 1. The first kappa shape index (κ1) is 19.0. The van der Waals surface area contributed by atoms with Gasteiger partial charge in [0.1, 0.15) is 0 Å². The van der Waals surface area contributed by atoms with Crippen molar-refractivity contribution in [3.63, 3.8) is 0 Å². The van der Waals surface area contributed by atoms with Crippen molar-refractivity contribution in [2.45, 2.75) is 25.7 Å². The summed E-state index contributed by atoms with van der Waals surface area (Å²) in [7, 11) is 1.78. The average Bonchev–Trinajstić information content (AvgIpc) is 3.00. The zero-order chi connectivity index (χ0) is 16.1. The summed E-state index contributed by atoms with van der Waals surface area (Å²) in [6, 6.07) is 3.62. The molecule has 2 fully saturated rings. The van der Waals surface area contributed by atoms with Crippen LogP contribution in [0.5, 0.6) is 0 Å². The Labute approximate surface area is 160 Å². The Bertz CT molecular complexity index is 551. The van der Waals surface area contributed by atoms with Crippen LogP contribution in [0, 0.1) is 11.8 Å². The molecule has 0 aromatic carbocycles. The predicted molar refractivity (Wildman–Crippen MR) is 107 cm³/mol. The molecule has 0 bridgehead atoms. The van der Waals surface area contributed by atoms with Crippen LogP contribution in [0.25, 0.3) is 0 Å². The van der Waals surface area contributed by atoms with E-state index in [1.807, 2.05) is 6.07 Å². The number of likely N-dealkylation sites (tertiary alicyclic amines) is 1. The van der Waals surface area contributed by atoms with Crippen molar-refractivity contribution in [2.75, 3.05) is 32.0 Å². The number of aliphatic imine (C=N–C) groups is 1. The molecule has 1 saturated carbocycles. The molecule has 2 unspecified atom stereocenters. The summed E-state index contributed by atoms with van der Waals surface area (Å²) in [5, 5.41) is 6.01. The fourth-order valence-electron chi connectivity index (χ4n) is 3.71. The van der Waals surface area contributed by atoms with Crippen LogP contribution in [-0.4, -0.2) is 48.4 Å². The largest absolute Gasteiger partial charge is 0.347 e. The maximum Gasteiger partial charge on any atom is 0.243 e. The molecule has 1 aliphatic heterocycles. The molecule has 6 nitrogen and oxygen atoms in total. The van der Waals surface area contributed by atoms with E-state index < -0.39 is 0 Å². The minimum Gasteiger partial charge on any atom is -0.347 e. The number of nitrogens with zero attached hydrogens (tertiary/aromatic N) is 3. The Morgan fingerprint density at radius 3 is 2.62 bits per heavy atom. The van der Waals surface area contributed by atoms with E-state index in [1.54, 1.807) is 25.5 Å². The topological polar surface area (TPSA) is 69.6 Å². The zero-order valence-corrected chi connectivity index (χ0v) is 16.4. The SMILES string of the molecule is CN=C(NCC(=O)Nc1cccnc1)N1CC2CCCCC2C1.I. The molecule has 2 atom stereocenters. The van der Waals surface area contributed by atoms with Crippen molar-refractivity contribution >= 4 is 41.5 Å². The molecule has 1 amide bonds. The third kappa shape index (κ3) is 4.81. The molecule has 0 spiro atoms. The van der Waals surface area contributed by atoms with Crippen LogP contribution < -0.4 is 10.6 Å². The monoisotopic (exact) mass is 443 g/mol. The minimum absolute atomic E-state index is 0. The lowest BCUT2D eigenvalue weighted by Gasteiger charge is -2.22. The van der Waals surface area contributed by atoms with Gasteiger partial charge in [-0.15, -0.1) is 24.0 Å². The Morgan fingerprint density at radius 2 is 2.04 bits per heavy atom. The maximum absolute atomic E-state index is 12.0. The van der Waals surface area contributed by atoms with Gasteiger partial charge in [-0.25, -0.2) is 0 Å². The number of aromatic nitrogens is 1. The van der Waals surface area contributed by atoms with Crippen LogP contribution >= 0.6 is 24.0 Å². The number of nitrogens with one attached hydrogen (secondary N) is 2. The molecule has 1 aliphatic carbocycles. The highest BCUT2D eigenvalue weighted by Crippen LogP contribution is 2.35. The fraction of sp³-hybridized carbons (Fsp3) is 0.588. The third-order valence-electron chi connectivity index (χ3n) is 4.84. The number of anilines is 1. The van der Waals surface area contributed by atoms with Crippen LogP contribution in [-0.2, 0) is 4.79 Å². The van der Waals surface area contributed by atoms with Crippen molar-refractivity contribution in [2.24, 2.45) is 16.8 Å². The summed E-state index contributed by atoms with van der Waals surface area (Å²) in [5.41, 5.74) is 0.710. The second-order valence-corrected chi connectivity index (χ2v) is 6.40. The summed E-state index contributed by atoms with van der Waals surface area (Å²) >= 11 is 0. The van der Waals surface area contributed by atoms with Crippen LogP contribution in [0.4, 0.5) is 5.69 Å². The minimum atomic E-state index is -0.0873. The lowest BCUT2D eigenvalue weighted by Crippen LogP contribution is -2.43. The maximum atomic E-state index is 12.0. The third-order valence-corrected chi connectivity index (χ3v) is 4.84. The highest BCUT2D eigenvalue weighted by Gasteiger charge is 2.35. The van der Waals surface area contributed by atoms with Gasteiger partial charge in [-0.2, -0.15) is 0 Å². The Balaban J connectivity index is 0.00000208. The van der Waals surface area contributed by atoms with Crippen molar-refractivity contribution < 1.29 is 4.79 Å². The van der Waals surface area contributed by atoms with Gasteiger partial charge in [0.25, 0.3) is 0 Å². The van der Waals surface area contributed by atoms with Crippen molar-refractivity contribution in [3.8, 4) is 0 Å². The van der Waals surface area contributed by atoms with Gasteiger partial charge < -0.3 is 15.5 Å². The van der Waals surface area contributed by atoms with E-state index in [0.717, 1.165) is 30.9 Å². The van der Waals surface area contributed by atoms with Gasteiger partial charge >= 0.3 is 0 Å². The molecule has 1 aromatic heterocycles. The van der Waals surface area contributed by atoms with E-state index in [-0.39, 0.29) is 36.4 Å². The van der Waals surface area contributed by atoms with Crippen LogP contribution in [0.15, 0.2) is 29.5 Å². The number of halogens is 1. The number of carbonyl (C=O) groups excluding carboxylic acids is 1.